The fourth-order valence-corrected chi connectivity index (χ4v) is 4.08. The number of H-pyrrole nitrogens is 1. The Hall–Kier alpha value is -3.88. The fraction of sp³-hybridized carbons (Fsp3) is 0.273. The minimum absolute atomic E-state index is 0.0218. The molecule has 1 aliphatic heterocycles. The number of hydrogen-bond donors (Lipinski definition) is 3. The molecule has 0 fully saturated rings. The largest absolute Gasteiger partial charge is 0.338 e. The van der Waals surface area contributed by atoms with Gasteiger partial charge in [0.2, 0.25) is 5.95 Å². The first-order chi connectivity index (χ1) is 15.1. The van der Waals surface area contributed by atoms with Gasteiger partial charge in [-0.3, -0.25) is 10.1 Å². The van der Waals surface area contributed by atoms with E-state index in [1.165, 1.54) is 0 Å². The lowest BCUT2D eigenvalue weighted by molar-refractivity contribution is 0.252. The Labute approximate surface area is 178 Å². The molecule has 3 N–H and O–H groups in total. The molecule has 2 amide bonds. The molecule has 0 unspecified atom stereocenters. The van der Waals surface area contributed by atoms with E-state index in [9.17, 15) is 9.59 Å². The zero-order chi connectivity index (χ0) is 21.4. The predicted molar refractivity (Wildman–Crippen MR) is 119 cm³/mol. The van der Waals surface area contributed by atoms with Crippen LogP contribution in [0.25, 0.3) is 27.8 Å². The van der Waals surface area contributed by atoms with Crippen LogP contribution in [0.5, 0.6) is 0 Å². The summed E-state index contributed by atoms with van der Waals surface area (Å²) in [4.78, 5) is 32.3. The number of hydrogen-bond acceptors (Lipinski definition) is 4. The molecule has 1 aliphatic rings. The van der Waals surface area contributed by atoms with Crippen molar-refractivity contribution in [2.24, 2.45) is 0 Å². The number of carbonyl (C=O) groups is 1. The van der Waals surface area contributed by atoms with E-state index in [2.05, 4.69) is 31.8 Å². The van der Waals surface area contributed by atoms with Gasteiger partial charge in [-0.15, -0.1) is 0 Å². The van der Waals surface area contributed by atoms with Crippen LogP contribution in [0.1, 0.15) is 25.5 Å². The minimum atomic E-state index is -0.329. The summed E-state index contributed by atoms with van der Waals surface area (Å²) >= 11 is 0. The van der Waals surface area contributed by atoms with Crippen molar-refractivity contribution in [2.75, 3.05) is 11.9 Å². The third-order valence-corrected chi connectivity index (χ3v) is 5.50. The second kappa shape index (κ2) is 7.75. The molecule has 158 valence electrons. The van der Waals surface area contributed by atoms with Crippen LogP contribution in [0, 0.1) is 0 Å². The normalized spacial score (nSPS) is 13.2. The summed E-state index contributed by atoms with van der Waals surface area (Å²) in [5, 5.41) is 9.76. The molecule has 9 nitrogen and oxygen atoms in total. The molecular formula is C22H23N7O2. The zero-order valence-electron chi connectivity index (χ0n) is 17.2. The molecule has 3 aromatic heterocycles. The molecule has 0 aliphatic carbocycles. The van der Waals surface area contributed by atoms with E-state index in [-0.39, 0.29) is 11.6 Å². The van der Waals surface area contributed by atoms with Crippen LogP contribution in [0.2, 0.25) is 0 Å². The Morgan fingerprint density at radius 2 is 2.06 bits per heavy atom. The van der Waals surface area contributed by atoms with Gasteiger partial charge in [0.15, 0.2) is 0 Å². The third kappa shape index (κ3) is 3.58. The topological polar surface area (TPSA) is 110 Å². The van der Waals surface area contributed by atoms with Crippen LogP contribution in [-0.2, 0) is 13.0 Å². The van der Waals surface area contributed by atoms with Crippen LogP contribution in [0.4, 0.5) is 10.7 Å². The van der Waals surface area contributed by atoms with Gasteiger partial charge in [0.25, 0.3) is 5.56 Å². The van der Waals surface area contributed by atoms with Crippen molar-refractivity contribution in [3.63, 3.8) is 0 Å². The van der Waals surface area contributed by atoms with Gasteiger partial charge in [-0.25, -0.2) is 14.5 Å². The molecule has 1 aromatic carbocycles. The Bertz CT molecular complexity index is 1320. The average Bonchev–Trinajstić information content (AvgIpc) is 3.43. The van der Waals surface area contributed by atoms with Crippen molar-refractivity contribution in [3.05, 3.63) is 58.8 Å². The molecule has 0 saturated carbocycles. The van der Waals surface area contributed by atoms with Gasteiger partial charge < -0.3 is 14.9 Å². The standard InChI is InChI=1S/C22H23N7O2/c1-2-23-22(31)27-21-25-17-11-15(12-18(20(17)26-21)29-9-5-7-24-29)14-10-16-6-3-4-8-28(16)19(30)13-14/h5,7,9-13H,2-4,6,8H2,1H3,(H3,23,25,26,27,31). The van der Waals surface area contributed by atoms with Crippen molar-refractivity contribution < 1.29 is 4.79 Å². The lowest BCUT2D eigenvalue weighted by Gasteiger charge is -2.19. The molecule has 0 saturated heterocycles. The minimum Gasteiger partial charge on any atom is -0.338 e. The van der Waals surface area contributed by atoms with Crippen molar-refractivity contribution in [1.82, 2.24) is 29.6 Å². The number of rotatable bonds is 4. The lowest BCUT2D eigenvalue weighted by Crippen LogP contribution is -2.28. The van der Waals surface area contributed by atoms with E-state index in [0.29, 0.717) is 18.0 Å². The number of nitrogens with one attached hydrogen (secondary N) is 3. The van der Waals surface area contributed by atoms with Gasteiger partial charge >= 0.3 is 6.03 Å². The lowest BCUT2D eigenvalue weighted by atomic mass is 10.0. The van der Waals surface area contributed by atoms with Crippen molar-refractivity contribution in [3.8, 4) is 16.8 Å². The highest BCUT2D eigenvalue weighted by atomic mass is 16.2. The molecule has 0 bridgehead atoms. The van der Waals surface area contributed by atoms with Crippen LogP contribution < -0.4 is 16.2 Å². The fourth-order valence-electron chi connectivity index (χ4n) is 4.08. The Balaban J connectivity index is 1.65. The summed E-state index contributed by atoms with van der Waals surface area (Å²) < 4.78 is 3.61. The van der Waals surface area contributed by atoms with Crippen molar-refractivity contribution >= 4 is 23.0 Å². The molecule has 9 heteroatoms. The van der Waals surface area contributed by atoms with E-state index in [1.807, 2.05) is 35.9 Å². The van der Waals surface area contributed by atoms with Crippen LogP contribution in [0.15, 0.2) is 47.5 Å². The smallest absolute Gasteiger partial charge is 0.321 e. The first kappa shape index (κ1) is 19.1. The number of nitrogens with zero attached hydrogens (tertiary/aromatic N) is 4. The summed E-state index contributed by atoms with van der Waals surface area (Å²) in [6.07, 6.45) is 6.58. The van der Waals surface area contributed by atoms with Crippen LogP contribution in [0.3, 0.4) is 0 Å². The highest BCUT2D eigenvalue weighted by molar-refractivity contribution is 5.94. The number of aromatic nitrogens is 5. The van der Waals surface area contributed by atoms with E-state index in [0.717, 1.165) is 53.8 Å². The number of anilines is 1. The summed E-state index contributed by atoms with van der Waals surface area (Å²) in [7, 11) is 0. The van der Waals surface area contributed by atoms with Gasteiger partial charge in [-0.1, -0.05) is 0 Å². The number of aryl methyl sites for hydroxylation is 1. The van der Waals surface area contributed by atoms with E-state index in [1.54, 1.807) is 16.9 Å². The highest BCUT2D eigenvalue weighted by Gasteiger charge is 2.16. The van der Waals surface area contributed by atoms with Gasteiger partial charge in [0.1, 0.15) is 0 Å². The molecule has 4 aromatic rings. The number of urea groups is 1. The third-order valence-electron chi connectivity index (χ3n) is 5.50. The Morgan fingerprint density at radius 1 is 1.19 bits per heavy atom. The zero-order valence-corrected chi connectivity index (χ0v) is 17.2. The van der Waals surface area contributed by atoms with E-state index >= 15 is 0 Å². The second-order valence-electron chi connectivity index (χ2n) is 7.59. The molecule has 0 spiro atoms. The predicted octanol–water partition coefficient (Wildman–Crippen LogP) is 3.06. The summed E-state index contributed by atoms with van der Waals surface area (Å²) in [6.45, 7) is 3.14. The van der Waals surface area contributed by atoms with Gasteiger partial charge in [0, 0.05) is 37.2 Å². The maximum atomic E-state index is 12.7. The van der Waals surface area contributed by atoms with Gasteiger partial charge in [-0.2, -0.15) is 5.10 Å². The Kier molecular flexibility index (Phi) is 4.78. The van der Waals surface area contributed by atoms with E-state index in [4.69, 9.17) is 0 Å². The molecule has 0 radical (unpaired) electrons. The maximum absolute atomic E-state index is 12.7. The Morgan fingerprint density at radius 3 is 2.87 bits per heavy atom. The number of imidazole rings is 1. The number of benzene rings is 1. The maximum Gasteiger partial charge on any atom is 0.321 e. The molecular weight excluding hydrogens is 394 g/mol. The summed E-state index contributed by atoms with van der Waals surface area (Å²) in [5.41, 5.74) is 5.02. The number of amides is 2. The first-order valence-corrected chi connectivity index (χ1v) is 10.4. The number of fused-ring (bicyclic) bond motifs is 2. The van der Waals surface area contributed by atoms with Gasteiger partial charge in [0.05, 0.1) is 16.7 Å². The van der Waals surface area contributed by atoms with Crippen molar-refractivity contribution in [2.45, 2.75) is 32.7 Å². The molecule has 0 atom stereocenters. The average molecular weight is 417 g/mol. The van der Waals surface area contributed by atoms with Gasteiger partial charge in [-0.05, 0) is 61.6 Å². The number of pyridine rings is 1. The van der Waals surface area contributed by atoms with Crippen LogP contribution >= 0.6 is 0 Å². The number of carbonyl (C=O) groups excluding carboxylic acids is 1. The summed E-state index contributed by atoms with van der Waals surface area (Å²) in [6, 6.07) is 9.20. The highest BCUT2D eigenvalue weighted by Crippen LogP contribution is 2.30. The molecule has 31 heavy (non-hydrogen) atoms. The first-order valence-electron chi connectivity index (χ1n) is 10.4. The summed E-state index contributed by atoms with van der Waals surface area (Å²) in [5.74, 6) is 0.344. The molecule has 5 rings (SSSR count). The molecule has 4 heterocycles. The van der Waals surface area contributed by atoms with E-state index < -0.39 is 0 Å². The van der Waals surface area contributed by atoms with Crippen LogP contribution in [-0.4, -0.2) is 36.9 Å². The quantitative estimate of drug-likeness (QED) is 0.474. The van der Waals surface area contributed by atoms with Crippen molar-refractivity contribution in [1.29, 1.82) is 0 Å². The monoisotopic (exact) mass is 417 g/mol. The number of aromatic amines is 1. The second-order valence-corrected chi connectivity index (χ2v) is 7.59. The SMILES string of the molecule is CCNC(=O)Nc1nc2cc(-c3cc4n(c(=O)c3)CCCC4)cc(-n3cccn3)c2[nH]1.